The normalized spacial score (nSPS) is 23.0. The monoisotopic (exact) mass is 450 g/mol. The molecule has 0 bridgehead atoms. The summed E-state index contributed by atoms with van der Waals surface area (Å²) in [6.07, 6.45) is 4.00. The first kappa shape index (κ1) is 23.3. The predicted octanol–water partition coefficient (Wildman–Crippen LogP) is 2.41. The number of phenolic OH excluding ortho intramolecular Hbond substituents is 1. The van der Waals surface area contributed by atoms with Crippen molar-refractivity contribution in [3.8, 4) is 5.75 Å². The number of rotatable bonds is 7. The van der Waals surface area contributed by atoms with Crippen LogP contribution < -0.4 is 11.1 Å². The summed E-state index contributed by atoms with van der Waals surface area (Å²) in [4.78, 5) is 30.3. The van der Waals surface area contributed by atoms with Crippen LogP contribution in [0.4, 0.5) is 0 Å². The largest absolute Gasteiger partial charge is 0.508 e. The summed E-state index contributed by atoms with van der Waals surface area (Å²) < 4.78 is 0. The summed E-state index contributed by atoms with van der Waals surface area (Å²) in [6.45, 7) is 4.59. The van der Waals surface area contributed by atoms with E-state index < -0.39 is 11.9 Å². The fourth-order valence-electron chi connectivity index (χ4n) is 5.18. The second kappa shape index (κ2) is 10.8. The molecule has 1 heterocycles. The van der Waals surface area contributed by atoms with E-state index in [4.69, 9.17) is 5.73 Å². The van der Waals surface area contributed by atoms with E-state index in [2.05, 4.69) is 15.1 Å². The summed E-state index contributed by atoms with van der Waals surface area (Å²) >= 11 is 0. The number of phenols is 1. The van der Waals surface area contributed by atoms with Crippen molar-refractivity contribution < 1.29 is 14.7 Å². The van der Waals surface area contributed by atoms with Gasteiger partial charge in [0.25, 0.3) is 0 Å². The zero-order valence-corrected chi connectivity index (χ0v) is 19.0. The predicted molar refractivity (Wildman–Crippen MR) is 127 cm³/mol. The van der Waals surface area contributed by atoms with E-state index in [1.165, 1.54) is 5.56 Å². The van der Waals surface area contributed by atoms with Gasteiger partial charge in [0, 0.05) is 38.8 Å². The van der Waals surface area contributed by atoms with Gasteiger partial charge in [0.15, 0.2) is 0 Å². The Kier molecular flexibility index (Phi) is 7.62. The van der Waals surface area contributed by atoms with Crippen LogP contribution in [0.2, 0.25) is 0 Å². The van der Waals surface area contributed by atoms with Gasteiger partial charge in [-0.05, 0) is 36.1 Å². The Morgan fingerprint density at radius 1 is 0.970 bits per heavy atom. The number of benzene rings is 2. The molecule has 176 valence electrons. The van der Waals surface area contributed by atoms with Crippen molar-refractivity contribution in [1.29, 1.82) is 0 Å². The minimum absolute atomic E-state index is 0.0705. The van der Waals surface area contributed by atoms with Crippen LogP contribution in [-0.2, 0) is 16.1 Å². The molecule has 4 rings (SSSR count). The van der Waals surface area contributed by atoms with E-state index in [0.29, 0.717) is 5.56 Å². The van der Waals surface area contributed by atoms with E-state index in [1.54, 1.807) is 12.1 Å². The summed E-state index contributed by atoms with van der Waals surface area (Å²) in [5.74, 6) is -0.451. The fourth-order valence-corrected chi connectivity index (χ4v) is 5.18. The summed E-state index contributed by atoms with van der Waals surface area (Å²) in [7, 11) is 0. The van der Waals surface area contributed by atoms with E-state index in [1.807, 2.05) is 42.5 Å². The van der Waals surface area contributed by atoms with Crippen molar-refractivity contribution in [2.75, 3.05) is 26.2 Å². The van der Waals surface area contributed by atoms with Crippen LogP contribution in [0.1, 0.15) is 42.9 Å². The highest BCUT2D eigenvalue weighted by atomic mass is 16.3. The van der Waals surface area contributed by atoms with Crippen LogP contribution in [0.5, 0.6) is 5.75 Å². The van der Waals surface area contributed by atoms with Crippen molar-refractivity contribution >= 4 is 11.8 Å². The van der Waals surface area contributed by atoms with Gasteiger partial charge in [-0.1, -0.05) is 55.3 Å². The number of nitrogens with one attached hydrogen (secondary N) is 1. The molecule has 7 nitrogen and oxygen atoms in total. The quantitative estimate of drug-likeness (QED) is 0.602. The van der Waals surface area contributed by atoms with E-state index in [9.17, 15) is 14.7 Å². The van der Waals surface area contributed by atoms with Crippen molar-refractivity contribution in [1.82, 2.24) is 15.1 Å². The third-order valence-electron chi connectivity index (χ3n) is 6.99. The number of aromatic hydroxyl groups is 1. The number of carbonyl (C=O) groups excluding carboxylic acids is 2. The zero-order valence-electron chi connectivity index (χ0n) is 19.0. The Labute approximate surface area is 195 Å². The molecule has 33 heavy (non-hydrogen) atoms. The lowest BCUT2D eigenvalue weighted by Gasteiger charge is -2.44. The van der Waals surface area contributed by atoms with Gasteiger partial charge in [0.1, 0.15) is 11.8 Å². The molecule has 2 amide bonds. The molecule has 7 heteroatoms. The average Bonchev–Trinajstić information content (AvgIpc) is 2.84. The molecule has 1 saturated carbocycles. The molecule has 0 radical (unpaired) electrons. The van der Waals surface area contributed by atoms with Crippen molar-refractivity contribution in [3.05, 3.63) is 65.7 Å². The van der Waals surface area contributed by atoms with Crippen molar-refractivity contribution in [3.63, 3.8) is 0 Å². The summed E-state index contributed by atoms with van der Waals surface area (Å²) in [5.41, 5.74) is 7.53. The summed E-state index contributed by atoms with van der Waals surface area (Å²) in [6, 6.07) is 16.0. The number of carbonyl (C=O) groups is 2. The van der Waals surface area contributed by atoms with Gasteiger partial charge >= 0.3 is 0 Å². The van der Waals surface area contributed by atoms with Crippen LogP contribution >= 0.6 is 0 Å². The standard InChI is InChI=1S/C26H34N4O3/c27-25(32)24(20-6-2-1-3-7-20)28-26(33)22-8-4-5-9-23(22)30-16-14-29(15-17-30)18-19-10-12-21(31)13-11-19/h1-3,6-7,10-13,22-24,31H,4-5,8-9,14-18H2,(H2,27,32)(H,28,33)/t22-,23-,24+/m1/s1. The molecule has 4 N–H and O–H groups in total. The van der Waals surface area contributed by atoms with Gasteiger partial charge in [-0.3, -0.25) is 19.4 Å². The molecular weight excluding hydrogens is 416 g/mol. The molecule has 1 aliphatic heterocycles. The van der Waals surface area contributed by atoms with Gasteiger partial charge in [-0.15, -0.1) is 0 Å². The lowest BCUT2D eigenvalue weighted by atomic mass is 9.82. The average molecular weight is 451 g/mol. The highest BCUT2D eigenvalue weighted by molar-refractivity contribution is 5.88. The third kappa shape index (κ3) is 5.92. The Bertz CT molecular complexity index is 926. The number of piperazine rings is 1. The smallest absolute Gasteiger partial charge is 0.244 e. The highest BCUT2D eigenvalue weighted by Crippen LogP contribution is 2.30. The maximum Gasteiger partial charge on any atom is 0.244 e. The minimum Gasteiger partial charge on any atom is -0.508 e. The fraction of sp³-hybridized carbons (Fsp3) is 0.462. The molecule has 2 aliphatic rings. The van der Waals surface area contributed by atoms with E-state index in [-0.39, 0.29) is 23.6 Å². The molecule has 2 aromatic rings. The first-order valence-corrected chi connectivity index (χ1v) is 11.9. The van der Waals surface area contributed by atoms with Crippen LogP contribution in [0.15, 0.2) is 54.6 Å². The van der Waals surface area contributed by atoms with Crippen LogP contribution in [0.25, 0.3) is 0 Å². The van der Waals surface area contributed by atoms with E-state index >= 15 is 0 Å². The van der Waals surface area contributed by atoms with Gasteiger partial charge in [0.05, 0.1) is 5.92 Å². The molecule has 0 spiro atoms. The first-order chi connectivity index (χ1) is 16.0. The maximum absolute atomic E-state index is 13.3. The highest BCUT2D eigenvalue weighted by Gasteiger charge is 2.37. The second-order valence-electron chi connectivity index (χ2n) is 9.19. The molecule has 1 aliphatic carbocycles. The lowest BCUT2D eigenvalue weighted by Crippen LogP contribution is -2.55. The molecule has 2 aromatic carbocycles. The van der Waals surface area contributed by atoms with Gasteiger partial charge in [-0.2, -0.15) is 0 Å². The number of nitrogens with two attached hydrogens (primary N) is 1. The second-order valence-corrected chi connectivity index (χ2v) is 9.19. The number of amides is 2. The molecule has 2 fully saturated rings. The SMILES string of the molecule is NC(=O)[C@@H](NC(=O)[C@@H]1CCCC[C@H]1N1CCN(Cc2ccc(O)cc2)CC1)c1ccccc1. The zero-order chi connectivity index (χ0) is 23.2. The van der Waals surface area contributed by atoms with Crippen LogP contribution in [-0.4, -0.2) is 58.9 Å². The topological polar surface area (TPSA) is 98.9 Å². The lowest BCUT2D eigenvalue weighted by molar-refractivity contribution is -0.133. The Hall–Kier alpha value is -2.90. The summed E-state index contributed by atoms with van der Waals surface area (Å²) in [5, 5.41) is 12.4. The molecule has 0 unspecified atom stereocenters. The number of hydrogen-bond donors (Lipinski definition) is 3. The number of hydrogen-bond acceptors (Lipinski definition) is 5. The number of nitrogens with zero attached hydrogens (tertiary/aromatic N) is 2. The van der Waals surface area contributed by atoms with Crippen molar-refractivity contribution in [2.45, 2.75) is 44.3 Å². The maximum atomic E-state index is 13.3. The van der Waals surface area contributed by atoms with E-state index in [0.717, 1.165) is 58.4 Å². The van der Waals surface area contributed by atoms with Crippen LogP contribution in [0.3, 0.4) is 0 Å². The van der Waals surface area contributed by atoms with Gasteiger partial charge < -0.3 is 16.2 Å². The van der Waals surface area contributed by atoms with Crippen LogP contribution in [0, 0.1) is 5.92 Å². The molecule has 1 saturated heterocycles. The Balaban J connectivity index is 1.36. The van der Waals surface area contributed by atoms with Crippen molar-refractivity contribution in [2.24, 2.45) is 11.7 Å². The van der Waals surface area contributed by atoms with Gasteiger partial charge in [0.2, 0.25) is 11.8 Å². The first-order valence-electron chi connectivity index (χ1n) is 11.9. The molecule has 3 atom stereocenters. The molecular formula is C26H34N4O3. The van der Waals surface area contributed by atoms with Gasteiger partial charge in [-0.25, -0.2) is 0 Å². The number of primary amides is 1. The Morgan fingerprint density at radius 3 is 2.30 bits per heavy atom. The minimum atomic E-state index is -0.802. The molecule has 0 aromatic heterocycles. The Morgan fingerprint density at radius 2 is 1.64 bits per heavy atom. The third-order valence-corrected chi connectivity index (χ3v) is 6.99.